The maximum Gasteiger partial charge on any atom is 0.335 e. The standard InChI is InChI=1S/C16H16O3/c1-12-5-2-3-6-13(12)9-10-19-15-8-4-7-14(11-15)16(17)18/h2-8,11H,9-10H2,1H3,(H,17,18). The summed E-state index contributed by atoms with van der Waals surface area (Å²) in [7, 11) is 0. The van der Waals surface area contributed by atoms with Crippen LogP contribution in [0.1, 0.15) is 21.5 Å². The number of benzene rings is 2. The molecule has 0 unspecified atom stereocenters. The molecule has 2 rings (SSSR count). The molecule has 0 radical (unpaired) electrons. The summed E-state index contributed by atoms with van der Waals surface area (Å²) in [5.74, 6) is -0.349. The van der Waals surface area contributed by atoms with E-state index >= 15 is 0 Å². The van der Waals surface area contributed by atoms with E-state index in [0.717, 1.165) is 6.42 Å². The second kappa shape index (κ2) is 6.05. The zero-order chi connectivity index (χ0) is 13.7. The molecule has 0 spiro atoms. The number of carboxylic acids is 1. The van der Waals surface area contributed by atoms with Gasteiger partial charge in [0.2, 0.25) is 0 Å². The van der Waals surface area contributed by atoms with Gasteiger partial charge in [-0.05, 0) is 36.2 Å². The average Bonchev–Trinajstić information content (AvgIpc) is 2.41. The van der Waals surface area contributed by atoms with Crippen LogP contribution in [0.15, 0.2) is 48.5 Å². The fourth-order valence-electron chi connectivity index (χ4n) is 1.89. The summed E-state index contributed by atoms with van der Waals surface area (Å²) in [5.41, 5.74) is 2.73. The fraction of sp³-hybridized carbons (Fsp3) is 0.188. The molecule has 98 valence electrons. The molecule has 1 N–H and O–H groups in total. The number of carboxylic acid groups (broad SMARTS) is 1. The third-order valence-corrected chi connectivity index (χ3v) is 2.98. The van der Waals surface area contributed by atoms with Gasteiger partial charge < -0.3 is 9.84 Å². The van der Waals surface area contributed by atoms with Crippen LogP contribution in [-0.4, -0.2) is 17.7 Å². The Bertz CT molecular complexity index is 576. The molecule has 0 bridgehead atoms. The molecule has 2 aromatic rings. The molecule has 0 aliphatic carbocycles. The molecule has 0 aromatic heterocycles. The number of carbonyl (C=O) groups is 1. The maximum absolute atomic E-state index is 10.8. The van der Waals surface area contributed by atoms with E-state index in [0.29, 0.717) is 12.4 Å². The largest absolute Gasteiger partial charge is 0.493 e. The molecule has 2 aromatic carbocycles. The van der Waals surface area contributed by atoms with Crippen molar-refractivity contribution in [1.29, 1.82) is 0 Å². The van der Waals surface area contributed by atoms with Crippen LogP contribution in [0, 0.1) is 6.92 Å². The highest BCUT2D eigenvalue weighted by Crippen LogP contribution is 2.14. The van der Waals surface area contributed by atoms with Gasteiger partial charge in [0.05, 0.1) is 12.2 Å². The van der Waals surface area contributed by atoms with Crippen molar-refractivity contribution in [3.8, 4) is 5.75 Å². The molecular formula is C16H16O3. The Morgan fingerprint density at radius 3 is 2.68 bits per heavy atom. The minimum absolute atomic E-state index is 0.244. The Kier molecular flexibility index (Phi) is 4.18. The lowest BCUT2D eigenvalue weighted by Crippen LogP contribution is -2.03. The van der Waals surface area contributed by atoms with E-state index in [-0.39, 0.29) is 5.56 Å². The lowest BCUT2D eigenvalue weighted by Gasteiger charge is -2.08. The smallest absolute Gasteiger partial charge is 0.335 e. The quantitative estimate of drug-likeness (QED) is 0.892. The van der Waals surface area contributed by atoms with Crippen molar-refractivity contribution in [2.75, 3.05) is 6.61 Å². The van der Waals surface area contributed by atoms with Crippen molar-refractivity contribution in [2.24, 2.45) is 0 Å². The molecule has 0 aliphatic rings. The number of rotatable bonds is 5. The van der Waals surface area contributed by atoms with E-state index in [1.165, 1.54) is 11.1 Å². The molecule has 0 amide bonds. The first-order chi connectivity index (χ1) is 9.16. The Hall–Kier alpha value is -2.29. The van der Waals surface area contributed by atoms with Crippen LogP contribution in [0.3, 0.4) is 0 Å². The van der Waals surface area contributed by atoms with Crippen molar-refractivity contribution in [3.05, 3.63) is 65.2 Å². The van der Waals surface area contributed by atoms with Gasteiger partial charge in [-0.2, -0.15) is 0 Å². The highest BCUT2D eigenvalue weighted by atomic mass is 16.5. The van der Waals surface area contributed by atoms with Crippen molar-refractivity contribution in [1.82, 2.24) is 0 Å². The Balaban J connectivity index is 1.94. The third-order valence-electron chi connectivity index (χ3n) is 2.98. The van der Waals surface area contributed by atoms with Crippen molar-refractivity contribution < 1.29 is 14.6 Å². The van der Waals surface area contributed by atoms with Gasteiger partial charge in [-0.25, -0.2) is 4.79 Å². The summed E-state index contributed by atoms with van der Waals surface area (Å²) >= 11 is 0. The monoisotopic (exact) mass is 256 g/mol. The van der Waals surface area contributed by atoms with E-state index in [9.17, 15) is 4.79 Å². The van der Waals surface area contributed by atoms with E-state index in [1.54, 1.807) is 24.3 Å². The number of aryl methyl sites for hydroxylation is 1. The van der Waals surface area contributed by atoms with Crippen LogP contribution in [0.25, 0.3) is 0 Å². The summed E-state index contributed by atoms with van der Waals surface area (Å²) in [6, 6.07) is 14.7. The normalized spacial score (nSPS) is 10.2. The summed E-state index contributed by atoms with van der Waals surface area (Å²) in [6.07, 6.45) is 0.809. The third kappa shape index (κ3) is 3.58. The summed E-state index contributed by atoms with van der Waals surface area (Å²) < 4.78 is 5.59. The van der Waals surface area contributed by atoms with Crippen molar-refractivity contribution >= 4 is 5.97 Å². The van der Waals surface area contributed by atoms with E-state index < -0.39 is 5.97 Å². The van der Waals surface area contributed by atoms with E-state index in [1.807, 2.05) is 12.1 Å². The van der Waals surface area contributed by atoms with Crippen molar-refractivity contribution in [3.63, 3.8) is 0 Å². The minimum Gasteiger partial charge on any atom is -0.493 e. The molecule has 0 saturated heterocycles. The second-order valence-electron chi connectivity index (χ2n) is 4.36. The summed E-state index contributed by atoms with van der Waals surface area (Å²) in [4.78, 5) is 10.8. The molecule has 19 heavy (non-hydrogen) atoms. The number of aromatic carboxylic acids is 1. The zero-order valence-corrected chi connectivity index (χ0v) is 10.8. The average molecular weight is 256 g/mol. The molecule has 3 heteroatoms. The Labute approximate surface area is 112 Å². The first kappa shape index (κ1) is 13.1. The van der Waals surface area contributed by atoms with Gasteiger partial charge in [-0.3, -0.25) is 0 Å². The SMILES string of the molecule is Cc1ccccc1CCOc1cccc(C(=O)O)c1. The van der Waals surface area contributed by atoms with Gasteiger partial charge in [-0.1, -0.05) is 30.3 Å². The maximum atomic E-state index is 10.8. The van der Waals surface area contributed by atoms with Gasteiger partial charge >= 0.3 is 5.97 Å². The van der Waals surface area contributed by atoms with Gasteiger partial charge in [-0.15, -0.1) is 0 Å². The predicted octanol–water partition coefficient (Wildman–Crippen LogP) is 3.31. The summed E-state index contributed by atoms with van der Waals surface area (Å²) in [6.45, 7) is 2.61. The Morgan fingerprint density at radius 2 is 1.95 bits per heavy atom. The van der Waals surface area contributed by atoms with Gasteiger partial charge in [0.15, 0.2) is 0 Å². The van der Waals surface area contributed by atoms with Crippen LogP contribution in [-0.2, 0) is 6.42 Å². The first-order valence-corrected chi connectivity index (χ1v) is 6.17. The predicted molar refractivity (Wildman–Crippen MR) is 73.8 cm³/mol. The molecule has 0 aliphatic heterocycles. The molecule has 0 heterocycles. The molecule has 3 nitrogen and oxygen atoms in total. The molecule has 0 atom stereocenters. The fourth-order valence-corrected chi connectivity index (χ4v) is 1.89. The van der Waals surface area contributed by atoms with Crippen LogP contribution >= 0.6 is 0 Å². The minimum atomic E-state index is -0.940. The van der Waals surface area contributed by atoms with E-state index in [4.69, 9.17) is 9.84 Å². The molecule has 0 fully saturated rings. The summed E-state index contributed by atoms with van der Waals surface area (Å²) in [5, 5.41) is 8.89. The van der Waals surface area contributed by atoms with Gasteiger partial charge in [0.1, 0.15) is 5.75 Å². The highest BCUT2D eigenvalue weighted by Gasteiger charge is 2.04. The number of ether oxygens (including phenoxy) is 1. The topological polar surface area (TPSA) is 46.5 Å². The number of hydrogen-bond acceptors (Lipinski definition) is 2. The zero-order valence-electron chi connectivity index (χ0n) is 10.8. The first-order valence-electron chi connectivity index (χ1n) is 6.17. The van der Waals surface area contributed by atoms with Crippen LogP contribution in [0.5, 0.6) is 5.75 Å². The lowest BCUT2D eigenvalue weighted by molar-refractivity contribution is 0.0696. The van der Waals surface area contributed by atoms with Crippen LogP contribution in [0.4, 0.5) is 0 Å². The second-order valence-corrected chi connectivity index (χ2v) is 4.36. The molecule has 0 saturated carbocycles. The lowest BCUT2D eigenvalue weighted by atomic mass is 10.1. The Morgan fingerprint density at radius 1 is 1.16 bits per heavy atom. The van der Waals surface area contributed by atoms with Gasteiger partial charge in [0, 0.05) is 6.42 Å². The number of hydrogen-bond donors (Lipinski definition) is 1. The van der Waals surface area contributed by atoms with Crippen LogP contribution in [0.2, 0.25) is 0 Å². The van der Waals surface area contributed by atoms with Crippen LogP contribution < -0.4 is 4.74 Å². The van der Waals surface area contributed by atoms with Gasteiger partial charge in [0.25, 0.3) is 0 Å². The van der Waals surface area contributed by atoms with Crippen molar-refractivity contribution in [2.45, 2.75) is 13.3 Å². The van der Waals surface area contributed by atoms with E-state index in [2.05, 4.69) is 19.1 Å². The molecular weight excluding hydrogens is 240 g/mol. The highest BCUT2D eigenvalue weighted by molar-refractivity contribution is 5.87.